The van der Waals surface area contributed by atoms with Gasteiger partial charge in [0, 0.05) is 31.1 Å². The molecule has 4 heterocycles. The highest BCUT2D eigenvalue weighted by Crippen LogP contribution is 2.39. The van der Waals surface area contributed by atoms with Crippen LogP contribution < -0.4 is 5.49 Å². The standard InChI is InChI=1S/C22H25N7O2/c1-4-28-16(21(30)29(13-5-6-13)14-7-8-14)9-15-17-18(25-11-24-17)19(27(3)20(15)28)26-22-23-10-12(2)31-22/h9-11,13-14H,4-8H2,1-3H3,(H,24,25). The normalized spacial score (nSPS) is 17.2. The van der Waals surface area contributed by atoms with E-state index in [-0.39, 0.29) is 5.91 Å². The van der Waals surface area contributed by atoms with Gasteiger partial charge < -0.3 is 23.4 Å². The number of aromatic nitrogens is 5. The third kappa shape index (κ3) is 2.83. The third-order valence-electron chi connectivity index (χ3n) is 6.28. The number of H-pyrrole nitrogens is 1. The molecule has 0 bridgehead atoms. The van der Waals surface area contributed by atoms with E-state index in [1.807, 2.05) is 24.6 Å². The molecular weight excluding hydrogens is 394 g/mol. The van der Waals surface area contributed by atoms with Crippen molar-refractivity contribution in [1.29, 1.82) is 0 Å². The van der Waals surface area contributed by atoms with Crippen LogP contribution in [0.4, 0.5) is 6.01 Å². The minimum Gasteiger partial charge on any atom is -0.427 e. The number of amides is 1. The molecule has 2 fully saturated rings. The molecular formula is C22H25N7O2. The maximum Gasteiger partial charge on any atom is 0.323 e. The fourth-order valence-electron chi connectivity index (χ4n) is 4.59. The number of hydrogen-bond donors (Lipinski definition) is 1. The van der Waals surface area contributed by atoms with Crippen LogP contribution in [0.2, 0.25) is 0 Å². The number of fused-ring (bicyclic) bond motifs is 3. The Morgan fingerprint density at radius 1 is 1.29 bits per heavy atom. The van der Waals surface area contributed by atoms with Crippen LogP contribution in [0.3, 0.4) is 0 Å². The molecule has 2 saturated carbocycles. The van der Waals surface area contributed by atoms with Gasteiger partial charge in [-0.15, -0.1) is 0 Å². The van der Waals surface area contributed by atoms with Gasteiger partial charge in [0.25, 0.3) is 5.91 Å². The van der Waals surface area contributed by atoms with Gasteiger partial charge in [0.1, 0.15) is 28.1 Å². The minimum absolute atomic E-state index is 0.133. The molecule has 1 N–H and O–H groups in total. The molecule has 2 aliphatic rings. The third-order valence-corrected chi connectivity index (χ3v) is 6.28. The average Bonchev–Trinajstić information content (AvgIpc) is 3.64. The van der Waals surface area contributed by atoms with Gasteiger partial charge in [-0.3, -0.25) is 4.79 Å². The summed E-state index contributed by atoms with van der Waals surface area (Å²) in [6, 6.07) is 3.10. The van der Waals surface area contributed by atoms with Gasteiger partial charge in [0.2, 0.25) is 0 Å². The Labute approximate surface area is 178 Å². The zero-order valence-corrected chi connectivity index (χ0v) is 17.9. The summed E-state index contributed by atoms with van der Waals surface area (Å²) in [5.41, 5.74) is 3.88. The van der Waals surface area contributed by atoms with Gasteiger partial charge in [-0.1, -0.05) is 0 Å². The zero-order chi connectivity index (χ0) is 21.3. The van der Waals surface area contributed by atoms with E-state index in [1.165, 1.54) is 0 Å². The van der Waals surface area contributed by atoms with E-state index in [0.29, 0.717) is 35.9 Å². The summed E-state index contributed by atoms with van der Waals surface area (Å²) in [7, 11) is 1.96. The van der Waals surface area contributed by atoms with E-state index in [1.54, 1.807) is 12.5 Å². The molecule has 1 amide bonds. The van der Waals surface area contributed by atoms with Crippen molar-refractivity contribution in [2.75, 3.05) is 0 Å². The SMILES string of the molecule is CCn1c(C(=O)N(C2CC2)C2CC2)cc2c3nc[nH]c3c(=Nc3ncc(C)o3)n(C)c21. The predicted molar refractivity (Wildman–Crippen MR) is 115 cm³/mol. The summed E-state index contributed by atoms with van der Waals surface area (Å²) in [5.74, 6) is 0.835. The van der Waals surface area contributed by atoms with Gasteiger partial charge in [-0.05, 0) is 45.6 Å². The molecule has 4 aromatic rings. The number of aryl methyl sites for hydroxylation is 3. The lowest BCUT2D eigenvalue weighted by Gasteiger charge is -2.23. The van der Waals surface area contributed by atoms with Crippen LogP contribution in [0.1, 0.15) is 48.9 Å². The summed E-state index contributed by atoms with van der Waals surface area (Å²) in [6.45, 7) is 4.58. The van der Waals surface area contributed by atoms with Crippen LogP contribution in [-0.2, 0) is 13.6 Å². The number of pyridine rings is 1. The summed E-state index contributed by atoms with van der Waals surface area (Å²) in [6.07, 6.45) is 7.77. The first-order chi connectivity index (χ1) is 15.1. The summed E-state index contributed by atoms with van der Waals surface area (Å²) >= 11 is 0. The summed E-state index contributed by atoms with van der Waals surface area (Å²) in [4.78, 5) is 32.4. The first-order valence-corrected chi connectivity index (χ1v) is 10.9. The first-order valence-electron chi connectivity index (χ1n) is 10.9. The lowest BCUT2D eigenvalue weighted by molar-refractivity contribution is 0.0719. The molecule has 0 aromatic carbocycles. The Kier molecular flexibility index (Phi) is 3.90. The Morgan fingerprint density at radius 2 is 2.03 bits per heavy atom. The zero-order valence-electron chi connectivity index (χ0n) is 17.9. The molecule has 0 atom stereocenters. The number of carbonyl (C=O) groups is 1. The molecule has 0 radical (unpaired) electrons. The number of hydrogen-bond acceptors (Lipinski definition) is 5. The maximum atomic E-state index is 13.6. The molecule has 9 heteroatoms. The lowest BCUT2D eigenvalue weighted by Crippen LogP contribution is -2.36. The molecule has 6 rings (SSSR count). The molecule has 2 aliphatic carbocycles. The quantitative estimate of drug-likeness (QED) is 0.537. The Morgan fingerprint density at radius 3 is 2.65 bits per heavy atom. The fourth-order valence-corrected chi connectivity index (χ4v) is 4.59. The van der Waals surface area contributed by atoms with Gasteiger partial charge in [0.05, 0.1) is 12.5 Å². The Balaban J connectivity index is 1.61. The van der Waals surface area contributed by atoms with Crippen molar-refractivity contribution < 1.29 is 9.21 Å². The number of aromatic amines is 1. The van der Waals surface area contributed by atoms with Gasteiger partial charge in [-0.2, -0.15) is 9.98 Å². The molecule has 0 spiro atoms. The topological polar surface area (TPSA) is 97.2 Å². The van der Waals surface area contributed by atoms with Crippen LogP contribution in [0.25, 0.3) is 22.1 Å². The number of rotatable bonds is 5. The van der Waals surface area contributed by atoms with Crippen LogP contribution in [0, 0.1) is 6.92 Å². The second-order valence-corrected chi connectivity index (χ2v) is 8.56. The van der Waals surface area contributed by atoms with Crippen molar-refractivity contribution in [3.63, 3.8) is 0 Å². The Hall–Kier alpha value is -3.36. The number of nitrogens with one attached hydrogen (secondary N) is 1. The van der Waals surface area contributed by atoms with Gasteiger partial charge in [0.15, 0.2) is 5.49 Å². The molecule has 0 saturated heterocycles. The van der Waals surface area contributed by atoms with Crippen molar-refractivity contribution in [3.8, 4) is 0 Å². The van der Waals surface area contributed by atoms with Crippen LogP contribution in [0.5, 0.6) is 0 Å². The van der Waals surface area contributed by atoms with Crippen molar-refractivity contribution in [2.24, 2.45) is 12.0 Å². The van der Waals surface area contributed by atoms with Crippen molar-refractivity contribution >= 4 is 34.0 Å². The predicted octanol–water partition coefficient (Wildman–Crippen LogP) is 3.17. The second kappa shape index (κ2) is 6.57. The summed E-state index contributed by atoms with van der Waals surface area (Å²) in [5, 5.41) is 0.943. The molecule has 9 nitrogen and oxygen atoms in total. The number of imidazole rings is 1. The fraction of sp³-hybridized carbons (Fsp3) is 0.455. The largest absolute Gasteiger partial charge is 0.427 e. The molecule has 0 unspecified atom stereocenters. The highest BCUT2D eigenvalue weighted by Gasteiger charge is 2.43. The number of nitrogens with zero attached hydrogens (tertiary/aromatic N) is 6. The monoisotopic (exact) mass is 419 g/mol. The smallest absolute Gasteiger partial charge is 0.323 e. The highest BCUT2D eigenvalue weighted by atomic mass is 16.4. The van der Waals surface area contributed by atoms with Crippen molar-refractivity contribution in [2.45, 2.75) is 58.2 Å². The second-order valence-electron chi connectivity index (χ2n) is 8.56. The van der Waals surface area contributed by atoms with Crippen LogP contribution >= 0.6 is 0 Å². The molecule has 0 aliphatic heterocycles. The van der Waals surface area contributed by atoms with E-state index in [9.17, 15) is 4.79 Å². The Bertz CT molecular complexity index is 1380. The van der Waals surface area contributed by atoms with E-state index < -0.39 is 0 Å². The minimum atomic E-state index is 0.133. The van der Waals surface area contributed by atoms with E-state index in [2.05, 4.69) is 36.3 Å². The van der Waals surface area contributed by atoms with E-state index in [4.69, 9.17) is 4.42 Å². The first kappa shape index (κ1) is 18.4. The average molecular weight is 419 g/mol. The maximum absolute atomic E-state index is 13.6. The molecule has 160 valence electrons. The van der Waals surface area contributed by atoms with Crippen molar-refractivity contribution in [1.82, 2.24) is 29.0 Å². The highest BCUT2D eigenvalue weighted by molar-refractivity contribution is 6.06. The van der Waals surface area contributed by atoms with Crippen LogP contribution in [-0.4, -0.2) is 47.0 Å². The lowest BCUT2D eigenvalue weighted by atomic mass is 10.2. The van der Waals surface area contributed by atoms with Gasteiger partial charge >= 0.3 is 6.01 Å². The molecule has 4 aromatic heterocycles. The van der Waals surface area contributed by atoms with Crippen LogP contribution in [0.15, 0.2) is 28.0 Å². The van der Waals surface area contributed by atoms with E-state index >= 15 is 0 Å². The number of carbonyl (C=O) groups excluding carboxylic acids is 1. The van der Waals surface area contributed by atoms with Gasteiger partial charge in [-0.25, -0.2) is 4.98 Å². The summed E-state index contributed by atoms with van der Waals surface area (Å²) < 4.78 is 9.67. The number of oxazole rings is 1. The van der Waals surface area contributed by atoms with E-state index in [0.717, 1.165) is 53.4 Å². The van der Waals surface area contributed by atoms with Crippen molar-refractivity contribution in [3.05, 3.63) is 35.5 Å². The molecule has 31 heavy (non-hydrogen) atoms.